The Balaban J connectivity index is 2.12. The molecule has 1 unspecified atom stereocenters. The Morgan fingerprint density at radius 2 is 2.06 bits per heavy atom. The van der Waals surface area contributed by atoms with Gasteiger partial charge < -0.3 is 11.1 Å². The minimum atomic E-state index is 0.103. The molecule has 0 bridgehead atoms. The van der Waals surface area contributed by atoms with Gasteiger partial charge in [-0.15, -0.1) is 0 Å². The van der Waals surface area contributed by atoms with Crippen molar-refractivity contribution in [2.75, 3.05) is 11.9 Å². The summed E-state index contributed by atoms with van der Waals surface area (Å²) in [6, 6.07) is 8.40. The smallest absolute Gasteiger partial charge is 0.0667 e. The highest BCUT2D eigenvalue weighted by Crippen LogP contribution is 2.18. The lowest BCUT2D eigenvalue weighted by atomic mass is 10.1. The SMILES string of the molecule is Cc1ccc(NC(CN)c2cnn(C)c2)cc1. The summed E-state index contributed by atoms with van der Waals surface area (Å²) in [6.45, 7) is 2.62. The summed E-state index contributed by atoms with van der Waals surface area (Å²) in [5.74, 6) is 0. The average Bonchev–Trinajstić information content (AvgIpc) is 2.75. The number of hydrogen-bond donors (Lipinski definition) is 2. The molecule has 0 saturated heterocycles. The van der Waals surface area contributed by atoms with E-state index in [0.717, 1.165) is 11.3 Å². The van der Waals surface area contributed by atoms with E-state index in [1.165, 1.54) is 5.56 Å². The van der Waals surface area contributed by atoms with Crippen LogP contribution < -0.4 is 11.1 Å². The van der Waals surface area contributed by atoms with Crippen molar-refractivity contribution in [3.05, 3.63) is 47.8 Å². The Kier molecular flexibility index (Phi) is 3.44. The normalized spacial score (nSPS) is 12.4. The maximum absolute atomic E-state index is 5.79. The molecule has 0 spiro atoms. The van der Waals surface area contributed by atoms with E-state index in [4.69, 9.17) is 5.73 Å². The van der Waals surface area contributed by atoms with Crippen LogP contribution in [0.3, 0.4) is 0 Å². The Bertz CT molecular complexity index is 472. The van der Waals surface area contributed by atoms with Gasteiger partial charge in [-0.05, 0) is 19.1 Å². The predicted octanol–water partition coefficient (Wildman–Crippen LogP) is 1.84. The summed E-state index contributed by atoms with van der Waals surface area (Å²) < 4.78 is 1.79. The average molecular weight is 230 g/mol. The van der Waals surface area contributed by atoms with Crippen LogP contribution in [0.2, 0.25) is 0 Å². The molecule has 0 aliphatic carbocycles. The second-order valence-corrected chi connectivity index (χ2v) is 4.25. The van der Waals surface area contributed by atoms with Gasteiger partial charge in [0.25, 0.3) is 0 Å². The largest absolute Gasteiger partial charge is 0.377 e. The standard InChI is InChI=1S/C13H18N4/c1-10-3-5-12(6-4-10)16-13(7-14)11-8-15-17(2)9-11/h3-6,8-9,13,16H,7,14H2,1-2H3. The van der Waals surface area contributed by atoms with Gasteiger partial charge in [-0.3, -0.25) is 4.68 Å². The molecule has 4 heteroatoms. The summed E-state index contributed by atoms with van der Waals surface area (Å²) >= 11 is 0. The zero-order chi connectivity index (χ0) is 12.3. The zero-order valence-electron chi connectivity index (χ0n) is 10.2. The van der Waals surface area contributed by atoms with Crippen LogP contribution in [0.1, 0.15) is 17.2 Å². The number of anilines is 1. The van der Waals surface area contributed by atoms with E-state index in [9.17, 15) is 0 Å². The quantitative estimate of drug-likeness (QED) is 0.842. The number of nitrogens with two attached hydrogens (primary N) is 1. The molecule has 2 rings (SSSR count). The predicted molar refractivity (Wildman–Crippen MR) is 69.8 cm³/mol. The molecule has 1 heterocycles. The van der Waals surface area contributed by atoms with Crippen molar-refractivity contribution >= 4 is 5.69 Å². The number of hydrogen-bond acceptors (Lipinski definition) is 3. The highest BCUT2D eigenvalue weighted by molar-refractivity contribution is 5.46. The van der Waals surface area contributed by atoms with Crippen molar-refractivity contribution in [3.63, 3.8) is 0 Å². The molecule has 2 aromatic rings. The topological polar surface area (TPSA) is 55.9 Å². The number of rotatable bonds is 4. The van der Waals surface area contributed by atoms with Gasteiger partial charge in [0.1, 0.15) is 0 Å². The Hall–Kier alpha value is -1.81. The van der Waals surface area contributed by atoms with Crippen LogP contribution in [-0.4, -0.2) is 16.3 Å². The molecular weight excluding hydrogens is 212 g/mol. The van der Waals surface area contributed by atoms with E-state index in [2.05, 4.69) is 41.6 Å². The fourth-order valence-electron chi connectivity index (χ4n) is 1.75. The molecule has 3 N–H and O–H groups in total. The van der Waals surface area contributed by atoms with E-state index in [0.29, 0.717) is 6.54 Å². The number of aryl methyl sites for hydroxylation is 2. The van der Waals surface area contributed by atoms with Gasteiger partial charge in [-0.1, -0.05) is 17.7 Å². The number of benzene rings is 1. The molecule has 0 fully saturated rings. The minimum absolute atomic E-state index is 0.103. The van der Waals surface area contributed by atoms with Gasteiger partial charge in [0.05, 0.1) is 12.2 Å². The summed E-state index contributed by atoms with van der Waals surface area (Å²) in [7, 11) is 1.91. The van der Waals surface area contributed by atoms with Crippen molar-refractivity contribution in [1.29, 1.82) is 0 Å². The first-order valence-electron chi connectivity index (χ1n) is 5.71. The second kappa shape index (κ2) is 5.01. The Labute approximate surface area is 101 Å². The van der Waals surface area contributed by atoms with Crippen molar-refractivity contribution in [1.82, 2.24) is 9.78 Å². The van der Waals surface area contributed by atoms with E-state index in [1.54, 1.807) is 4.68 Å². The molecule has 1 aromatic carbocycles. The van der Waals surface area contributed by atoms with Crippen LogP contribution in [0.4, 0.5) is 5.69 Å². The van der Waals surface area contributed by atoms with Crippen LogP contribution in [0.15, 0.2) is 36.7 Å². The Morgan fingerprint density at radius 3 is 2.59 bits per heavy atom. The van der Waals surface area contributed by atoms with Crippen molar-refractivity contribution < 1.29 is 0 Å². The van der Waals surface area contributed by atoms with E-state index < -0.39 is 0 Å². The Morgan fingerprint density at radius 1 is 1.35 bits per heavy atom. The molecule has 0 amide bonds. The van der Waals surface area contributed by atoms with Gasteiger partial charge >= 0.3 is 0 Å². The summed E-state index contributed by atoms with van der Waals surface area (Å²) in [6.07, 6.45) is 3.83. The number of nitrogens with one attached hydrogen (secondary N) is 1. The van der Waals surface area contributed by atoms with E-state index in [1.807, 2.05) is 19.4 Å². The third-order valence-corrected chi connectivity index (χ3v) is 2.76. The minimum Gasteiger partial charge on any atom is -0.377 e. The summed E-state index contributed by atoms with van der Waals surface area (Å²) in [4.78, 5) is 0. The van der Waals surface area contributed by atoms with Crippen LogP contribution >= 0.6 is 0 Å². The maximum Gasteiger partial charge on any atom is 0.0667 e. The first-order valence-corrected chi connectivity index (χ1v) is 5.71. The number of aromatic nitrogens is 2. The highest BCUT2D eigenvalue weighted by atomic mass is 15.2. The summed E-state index contributed by atoms with van der Waals surface area (Å²) in [5.41, 5.74) is 9.23. The maximum atomic E-state index is 5.79. The van der Waals surface area contributed by atoms with Crippen molar-refractivity contribution in [2.45, 2.75) is 13.0 Å². The first-order chi connectivity index (χ1) is 8.19. The van der Waals surface area contributed by atoms with Gasteiger partial charge in [0.15, 0.2) is 0 Å². The van der Waals surface area contributed by atoms with Gasteiger partial charge in [0, 0.05) is 31.0 Å². The lowest BCUT2D eigenvalue weighted by molar-refractivity contribution is 0.759. The highest BCUT2D eigenvalue weighted by Gasteiger charge is 2.10. The molecule has 17 heavy (non-hydrogen) atoms. The van der Waals surface area contributed by atoms with E-state index in [-0.39, 0.29) is 6.04 Å². The lowest BCUT2D eigenvalue weighted by Gasteiger charge is -2.16. The second-order valence-electron chi connectivity index (χ2n) is 4.25. The first kappa shape index (κ1) is 11.7. The van der Waals surface area contributed by atoms with Crippen LogP contribution in [0.25, 0.3) is 0 Å². The third-order valence-electron chi connectivity index (χ3n) is 2.76. The molecule has 0 radical (unpaired) electrons. The molecule has 1 atom stereocenters. The molecule has 0 aliphatic rings. The fourth-order valence-corrected chi connectivity index (χ4v) is 1.75. The molecule has 90 valence electrons. The van der Waals surface area contributed by atoms with Crippen molar-refractivity contribution in [2.24, 2.45) is 12.8 Å². The van der Waals surface area contributed by atoms with Gasteiger partial charge in [-0.2, -0.15) is 5.10 Å². The fraction of sp³-hybridized carbons (Fsp3) is 0.308. The monoisotopic (exact) mass is 230 g/mol. The molecule has 0 saturated carbocycles. The molecule has 1 aromatic heterocycles. The molecular formula is C13H18N4. The van der Waals surface area contributed by atoms with Crippen LogP contribution in [-0.2, 0) is 7.05 Å². The van der Waals surface area contributed by atoms with Gasteiger partial charge in [0.2, 0.25) is 0 Å². The third kappa shape index (κ3) is 2.85. The van der Waals surface area contributed by atoms with E-state index >= 15 is 0 Å². The molecule has 4 nitrogen and oxygen atoms in total. The molecule has 0 aliphatic heterocycles. The summed E-state index contributed by atoms with van der Waals surface area (Å²) in [5, 5.41) is 7.57. The van der Waals surface area contributed by atoms with Crippen molar-refractivity contribution in [3.8, 4) is 0 Å². The van der Waals surface area contributed by atoms with Crippen LogP contribution in [0.5, 0.6) is 0 Å². The van der Waals surface area contributed by atoms with Crippen LogP contribution in [0, 0.1) is 6.92 Å². The lowest BCUT2D eigenvalue weighted by Crippen LogP contribution is -2.20. The zero-order valence-corrected chi connectivity index (χ0v) is 10.2. The number of nitrogens with zero attached hydrogens (tertiary/aromatic N) is 2. The van der Waals surface area contributed by atoms with Gasteiger partial charge in [-0.25, -0.2) is 0 Å².